The summed E-state index contributed by atoms with van der Waals surface area (Å²) in [5, 5.41) is 0. The number of ether oxygens (including phenoxy) is 3. The first-order chi connectivity index (χ1) is 7.31. The molecule has 0 radical (unpaired) electrons. The van der Waals surface area contributed by atoms with E-state index in [1.165, 1.54) is 5.56 Å². The number of rotatable bonds is 2. The van der Waals surface area contributed by atoms with E-state index >= 15 is 0 Å². The lowest BCUT2D eigenvalue weighted by Crippen LogP contribution is -2.18. The molecule has 1 aliphatic rings. The van der Waals surface area contributed by atoms with Crippen molar-refractivity contribution in [2.45, 2.75) is 19.6 Å². The van der Waals surface area contributed by atoms with E-state index < -0.39 is 0 Å². The number of benzene rings is 1. The summed E-state index contributed by atoms with van der Waals surface area (Å²) in [6.45, 7) is 3.55. The molecule has 0 aromatic heterocycles. The second-order valence-electron chi connectivity index (χ2n) is 3.67. The Bertz CT molecular complexity index is 330. The Morgan fingerprint density at radius 2 is 2.00 bits per heavy atom. The topological polar surface area (TPSA) is 27.7 Å². The third kappa shape index (κ3) is 2.30. The van der Waals surface area contributed by atoms with Gasteiger partial charge in [0.15, 0.2) is 6.29 Å². The lowest BCUT2D eigenvalue weighted by molar-refractivity contribution is -0.183. The first-order valence-electron chi connectivity index (χ1n) is 5.19. The van der Waals surface area contributed by atoms with Crippen LogP contribution >= 0.6 is 0 Å². The van der Waals surface area contributed by atoms with Gasteiger partial charge in [-0.1, -0.05) is 11.6 Å². The number of aryl methyl sites for hydroxylation is 1. The van der Waals surface area contributed by atoms with E-state index in [9.17, 15) is 0 Å². The number of hydrogen-bond donors (Lipinski definition) is 0. The zero-order valence-corrected chi connectivity index (χ0v) is 9.16. The van der Waals surface area contributed by atoms with E-state index in [4.69, 9.17) is 14.2 Å². The van der Waals surface area contributed by atoms with Gasteiger partial charge in [0, 0.05) is 5.56 Å². The molecule has 1 aliphatic heterocycles. The third-order valence-corrected chi connectivity index (χ3v) is 2.47. The average molecular weight is 208 g/mol. The summed E-state index contributed by atoms with van der Waals surface area (Å²) in [5.74, 6) is 0.826. The van der Waals surface area contributed by atoms with E-state index in [-0.39, 0.29) is 6.29 Å². The second-order valence-corrected chi connectivity index (χ2v) is 3.67. The minimum Gasteiger partial charge on any atom is -0.496 e. The van der Waals surface area contributed by atoms with Crippen molar-refractivity contribution in [2.75, 3.05) is 20.3 Å². The zero-order valence-electron chi connectivity index (χ0n) is 9.16. The molecule has 0 spiro atoms. The fraction of sp³-hybridized carbons (Fsp3) is 0.500. The monoisotopic (exact) mass is 208 g/mol. The first-order valence-corrected chi connectivity index (χ1v) is 5.19. The molecule has 0 bridgehead atoms. The van der Waals surface area contributed by atoms with Crippen LogP contribution in [0, 0.1) is 6.92 Å². The van der Waals surface area contributed by atoms with Crippen LogP contribution in [0.3, 0.4) is 0 Å². The van der Waals surface area contributed by atoms with Crippen LogP contribution in [-0.2, 0) is 9.47 Å². The van der Waals surface area contributed by atoms with Gasteiger partial charge in [0.25, 0.3) is 0 Å². The average Bonchev–Trinajstić information content (AvgIpc) is 2.30. The summed E-state index contributed by atoms with van der Waals surface area (Å²) in [5.41, 5.74) is 2.17. The van der Waals surface area contributed by atoms with Crippen molar-refractivity contribution in [1.29, 1.82) is 0 Å². The smallest absolute Gasteiger partial charge is 0.187 e. The van der Waals surface area contributed by atoms with Crippen molar-refractivity contribution in [2.24, 2.45) is 0 Å². The van der Waals surface area contributed by atoms with E-state index in [0.717, 1.165) is 30.9 Å². The molecule has 15 heavy (non-hydrogen) atoms. The molecule has 0 N–H and O–H groups in total. The molecule has 0 saturated carbocycles. The van der Waals surface area contributed by atoms with Crippen LogP contribution in [-0.4, -0.2) is 20.3 Å². The zero-order chi connectivity index (χ0) is 10.7. The van der Waals surface area contributed by atoms with Crippen LogP contribution < -0.4 is 4.74 Å². The van der Waals surface area contributed by atoms with Gasteiger partial charge in [-0.05, 0) is 25.5 Å². The second kappa shape index (κ2) is 4.64. The molecule has 3 heteroatoms. The number of hydrogen-bond acceptors (Lipinski definition) is 3. The minimum absolute atomic E-state index is 0.270. The van der Waals surface area contributed by atoms with Gasteiger partial charge < -0.3 is 14.2 Å². The predicted molar refractivity (Wildman–Crippen MR) is 57.0 cm³/mol. The molecular formula is C12H16O3. The molecule has 0 aliphatic carbocycles. The van der Waals surface area contributed by atoms with Gasteiger partial charge in [-0.2, -0.15) is 0 Å². The van der Waals surface area contributed by atoms with Gasteiger partial charge in [-0.15, -0.1) is 0 Å². The summed E-state index contributed by atoms with van der Waals surface area (Å²) in [6, 6.07) is 6.02. The normalized spacial score (nSPS) is 17.7. The molecule has 2 rings (SSSR count). The lowest BCUT2D eigenvalue weighted by Gasteiger charge is -2.25. The highest BCUT2D eigenvalue weighted by Crippen LogP contribution is 2.31. The summed E-state index contributed by atoms with van der Waals surface area (Å²) < 4.78 is 16.4. The quantitative estimate of drug-likeness (QED) is 0.747. The Labute approximate surface area is 90.0 Å². The molecule has 3 nitrogen and oxygen atoms in total. The fourth-order valence-corrected chi connectivity index (χ4v) is 1.71. The molecule has 0 atom stereocenters. The molecular weight excluding hydrogens is 192 g/mol. The van der Waals surface area contributed by atoms with Gasteiger partial charge in [-0.3, -0.25) is 0 Å². The lowest BCUT2D eigenvalue weighted by atomic mass is 10.1. The van der Waals surface area contributed by atoms with Crippen molar-refractivity contribution in [1.82, 2.24) is 0 Å². The van der Waals surface area contributed by atoms with Crippen molar-refractivity contribution < 1.29 is 14.2 Å². The minimum atomic E-state index is -0.270. The van der Waals surface area contributed by atoms with Crippen molar-refractivity contribution in [3.8, 4) is 5.75 Å². The molecule has 0 amide bonds. The highest BCUT2D eigenvalue weighted by atomic mass is 16.7. The number of methoxy groups -OCH3 is 1. The Morgan fingerprint density at radius 3 is 2.67 bits per heavy atom. The maximum Gasteiger partial charge on any atom is 0.187 e. The van der Waals surface area contributed by atoms with Crippen molar-refractivity contribution in [3.63, 3.8) is 0 Å². The first kappa shape index (κ1) is 10.5. The van der Waals surface area contributed by atoms with Gasteiger partial charge in [0.2, 0.25) is 0 Å². The highest BCUT2D eigenvalue weighted by Gasteiger charge is 2.20. The van der Waals surface area contributed by atoms with Gasteiger partial charge in [0.05, 0.1) is 20.3 Å². The standard InChI is InChI=1S/C12H16O3/c1-9-4-5-11(13-2)10(8-9)12-14-6-3-7-15-12/h4-5,8,12H,3,6-7H2,1-2H3. The van der Waals surface area contributed by atoms with Crippen LogP contribution in [0.1, 0.15) is 23.8 Å². The Hall–Kier alpha value is -1.06. The molecule has 0 unspecified atom stereocenters. The van der Waals surface area contributed by atoms with E-state index in [1.807, 2.05) is 19.1 Å². The maximum absolute atomic E-state index is 5.56. The van der Waals surface area contributed by atoms with E-state index in [0.29, 0.717) is 0 Å². The van der Waals surface area contributed by atoms with Crippen LogP contribution in [0.4, 0.5) is 0 Å². The van der Waals surface area contributed by atoms with Crippen LogP contribution in [0.15, 0.2) is 18.2 Å². The van der Waals surface area contributed by atoms with Crippen molar-refractivity contribution >= 4 is 0 Å². The fourth-order valence-electron chi connectivity index (χ4n) is 1.71. The van der Waals surface area contributed by atoms with Gasteiger partial charge in [-0.25, -0.2) is 0 Å². The van der Waals surface area contributed by atoms with Crippen LogP contribution in [0.5, 0.6) is 5.75 Å². The summed E-state index contributed by atoms with van der Waals surface area (Å²) in [7, 11) is 1.66. The summed E-state index contributed by atoms with van der Waals surface area (Å²) in [6.07, 6.45) is 0.693. The molecule has 1 aromatic rings. The van der Waals surface area contributed by atoms with Gasteiger partial charge >= 0.3 is 0 Å². The Morgan fingerprint density at radius 1 is 1.27 bits per heavy atom. The van der Waals surface area contributed by atoms with Crippen molar-refractivity contribution in [3.05, 3.63) is 29.3 Å². The molecule has 82 valence electrons. The SMILES string of the molecule is COc1ccc(C)cc1C1OCCCO1. The van der Waals surface area contributed by atoms with Gasteiger partial charge in [0.1, 0.15) is 5.75 Å². The van der Waals surface area contributed by atoms with Crippen LogP contribution in [0.2, 0.25) is 0 Å². The molecule has 1 saturated heterocycles. The largest absolute Gasteiger partial charge is 0.496 e. The highest BCUT2D eigenvalue weighted by molar-refractivity contribution is 5.37. The molecule has 1 heterocycles. The maximum atomic E-state index is 5.56. The van der Waals surface area contributed by atoms with Crippen LogP contribution in [0.25, 0.3) is 0 Å². The van der Waals surface area contributed by atoms with E-state index in [1.54, 1.807) is 7.11 Å². The Kier molecular flexibility index (Phi) is 3.23. The Balaban J connectivity index is 2.27. The summed E-state index contributed by atoms with van der Waals surface area (Å²) >= 11 is 0. The predicted octanol–water partition coefficient (Wildman–Crippen LogP) is 2.44. The summed E-state index contributed by atoms with van der Waals surface area (Å²) in [4.78, 5) is 0. The molecule has 1 fully saturated rings. The third-order valence-electron chi connectivity index (χ3n) is 2.47. The molecule has 1 aromatic carbocycles. The van der Waals surface area contributed by atoms with E-state index in [2.05, 4.69) is 6.07 Å².